The molecule has 8 heteroatoms. The van der Waals surface area contributed by atoms with Crippen molar-refractivity contribution < 1.29 is 14.7 Å². The average molecular weight is 406 g/mol. The number of carbonyl (C=O) groups is 2. The van der Waals surface area contributed by atoms with Crippen molar-refractivity contribution >= 4 is 40.7 Å². The summed E-state index contributed by atoms with van der Waals surface area (Å²) in [6.45, 7) is 5.54. The molecule has 0 bridgehead atoms. The molecule has 2 aromatic rings. The van der Waals surface area contributed by atoms with E-state index >= 15 is 0 Å². The van der Waals surface area contributed by atoms with Crippen LogP contribution in [0.15, 0.2) is 27.9 Å². The number of amides is 1. The molecule has 2 heterocycles. The highest BCUT2D eigenvalue weighted by atomic mass is 32.2. The number of carboxylic acids is 1. The van der Waals surface area contributed by atoms with Crippen molar-refractivity contribution in [2.75, 3.05) is 24.2 Å². The van der Waals surface area contributed by atoms with Crippen molar-refractivity contribution in [3.8, 4) is 0 Å². The molecular formula is C19H23N3O3S2. The number of carbonyl (C=O) groups excluding carboxylic acids is 1. The summed E-state index contributed by atoms with van der Waals surface area (Å²) in [5.74, 6) is -0.114. The number of carboxylic acid groups (broad SMARTS) is 1. The molecule has 6 nitrogen and oxygen atoms in total. The van der Waals surface area contributed by atoms with Crippen LogP contribution < -0.4 is 5.32 Å². The van der Waals surface area contributed by atoms with Gasteiger partial charge in [0.1, 0.15) is 0 Å². The second-order valence-electron chi connectivity index (χ2n) is 6.63. The van der Waals surface area contributed by atoms with Gasteiger partial charge >= 0.3 is 5.97 Å². The third-order valence-corrected chi connectivity index (χ3v) is 6.62. The molecule has 0 spiro atoms. The largest absolute Gasteiger partial charge is 0.476 e. The van der Waals surface area contributed by atoms with Crippen molar-refractivity contribution in [1.29, 1.82) is 0 Å². The fraction of sp³-hybridized carbons (Fsp3) is 0.421. The van der Waals surface area contributed by atoms with Gasteiger partial charge in [0.25, 0.3) is 0 Å². The van der Waals surface area contributed by atoms with E-state index in [9.17, 15) is 9.59 Å². The number of thioether (sulfide) groups is 1. The van der Waals surface area contributed by atoms with Crippen molar-refractivity contribution in [3.05, 3.63) is 40.4 Å². The van der Waals surface area contributed by atoms with Gasteiger partial charge in [-0.25, -0.2) is 9.78 Å². The molecule has 1 fully saturated rings. The first-order valence-corrected chi connectivity index (χ1v) is 10.7. The molecule has 1 saturated heterocycles. The van der Waals surface area contributed by atoms with Crippen LogP contribution in [0.1, 0.15) is 34.5 Å². The summed E-state index contributed by atoms with van der Waals surface area (Å²) in [6.07, 6.45) is 1.45. The van der Waals surface area contributed by atoms with Gasteiger partial charge in [-0.05, 0) is 31.9 Å². The molecule has 0 radical (unpaired) electrons. The summed E-state index contributed by atoms with van der Waals surface area (Å²) < 4.78 is 0.726. The summed E-state index contributed by atoms with van der Waals surface area (Å²) in [4.78, 5) is 29.1. The molecule has 0 aliphatic carbocycles. The number of likely N-dealkylation sites (tertiary alicyclic amines) is 1. The highest BCUT2D eigenvalue weighted by molar-refractivity contribution is 8.01. The molecule has 1 amide bonds. The van der Waals surface area contributed by atoms with Crippen LogP contribution in [-0.4, -0.2) is 51.8 Å². The zero-order valence-electron chi connectivity index (χ0n) is 15.4. The number of nitrogens with zero attached hydrogens (tertiary/aromatic N) is 2. The molecule has 1 atom stereocenters. The zero-order chi connectivity index (χ0) is 19.4. The van der Waals surface area contributed by atoms with E-state index < -0.39 is 5.97 Å². The van der Waals surface area contributed by atoms with E-state index in [4.69, 9.17) is 5.11 Å². The second-order valence-corrected chi connectivity index (χ2v) is 8.83. The molecule has 1 aliphatic rings. The van der Waals surface area contributed by atoms with Gasteiger partial charge in [-0.2, -0.15) is 0 Å². The number of aryl methyl sites for hydroxylation is 2. The zero-order valence-corrected chi connectivity index (χ0v) is 17.0. The Balaban J connectivity index is 1.52. The lowest BCUT2D eigenvalue weighted by Crippen LogP contribution is -2.39. The summed E-state index contributed by atoms with van der Waals surface area (Å²) in [5, 5.41) is 14.0. The number of rotatable bonds is 8. The van der Waals surface area contributed by atoms with Gasteiger partial charge < -0.3 is 15.3 Å². The van der Waals surface area contributed by atoms with Crippen LogP contribution in [0.4, 0.5) is 5.69 Å². The number of hydrogen-bond donors (Lipinski definition) is 2. The van der Waals surface area contributed by atoms with E-state index in [1.807, 2.05) is 4.90 Å². The molecule has 1 aromatic carbocycles. The molecule has 1 aliphatic heterocycles. The predicted molar refractivity (Wildman–Crippen MR) is 109 cm³/mol. The lowest BCUT2D eigenvalue weighted by atomic mass is 10.1. The Morgan fingerprint density at radius 2 is 2.26 bits per heavy atom. The van der Waals surface area contributed by atoms with Crippen LogP contribution in [0.3, 0.4) is 0 Å². The molecule has 144 valence electrons. The minimum absolute atomic E-state index is 0.0790. The number of hydrogen-bond acceptors (Lipinski definition) is 6. The van der Waals surface area contributed by atoms with E-state index in [1.165, 1.54) is 34.2 Å². The molecule has 3 rings (SSSR count). The quantitative estimate of drug-likeness (QED) is 0.653. The van der Waals surface area contributed by atoms with Gasteiger partial charge in [0.2, 0.25) is 5.91 Å². The number of anilines is 1. The van der Waals surface area contributed by atoms with Crippen LogP contribution in [0.5, 0.6) is 0 Å². The molecule has 2 N–H and O–H groups in total. The maximum atomic E-state index is 12.2. The Morgan fingerprint density at radius 1 is 1.44 bits per heavy atom. The van der Waals surface area contributed by atoms with Gasteiger partial charge in [0.15, 0.2) is 10.0 Å². The Bertz CT molecular complexity index is 837. The van der Waals surface area contributed by atoms with Crippen LogP contribution in [-0.2, 0) is 4.79 Å². The first-order chi connectivity index (χ1) is 12.9. The first kappa shape index (κ1) is 19.7. The van der Waals surface area contributed by atoms with Gasteiger partial charge in [-0.3, -0.25) is 4.79 Å². The van der Waals surface area contributed by atoms with Crippen molar-refractivity contribution in [2.45, 2.75) is 37.1 Å². The molecule has 27 heavy (non-hydrogen) atoms. The van der Waals surface area contributed by atoms with Crippen LogP contribution in [0, 0.1) is 13.8 Å². The third kappa shape index (κ3) is 5.01. The minimum Gasteiger partial charge on any atom is -0.476 e. The molecular weight excluding hydrogens is 382 g/mol. The minimum atomic E-state index is -1.01. The standard InChI is InChI=1S/C19H23N3O3S2/c1-12-3-5-15(13(2)9-12)20-10-14-4-6-17(23)22(14)7-8-26-19-21-16(11-27-19)18(24)25/h3,5,9,11,14,20H,4,6-8,10H2,1-2H3,(H,24,25). The normalized spacial score (nSPS) is 16.7. The van der Waals surface area contributed by atoms with E-state index in [-0.39, 0.29) is 17.6 Å². The Labute approximate surface area is 167 Å². The topological polar surface area (TPSA) is 82.5 Å². The van der Waals surface area contributed by atoms with Gasteiger partial charge in [0, 0.05) is 42.4 Å². The summed E-state index contributed by atoms with van der Waals surface area (Å²) in [6, 6.07) is 6.51. The first-order valence-electron chi connectivity index (χ1n) is 8.86. The lowest BCUT2D eigenvalue weighted by Gasteiger charge is -2.25. The summed E-state index contributed by atoms with van der Waals surface area (Å²) in [5.41, 5.74) is 3.63. The van der Waals surface area contributed by atoms with Gasteiger partial charge in [-0.1, -0.05) is 29.5 Å². The number of aromatic carboxylic acids is 1. The van der Waals surface area contributed by atoms with Crippen molar-refractivity contribution in [3.63, 3.8) is 0 Å². The highest BCUT2D eigenvalue weighted by Gasteiger charge is 2.30. The number of benzene rings is 1. The smallest absolute Gasteiger partial charge is 0.355 e. The SMILES string of the molecule is Cc1ccc(NCC2CCC(=O)N2CCSc2nc(C(=O)O)cs2)c(C)c1. The molecule has 1 aromatic heterocycles. The fourth-order valence-corrected chi connectivity index (χ4v) is 5.01. The number of aromatic nitrogens is 1. The summed E-state index contributed by atoms with van der Waals surface area (Å²) >= 11 is 2.83. The Kier molecular flexibility index (Phi) is 6.38. The van der Waals surface area contributed by atoms with E-state index in [2.05, 4.69) is 42.3 Å². The van der Waals surface area contributed by atoms with Gasteiger partial charge in [0.05, 0.1) is 0 Å². The third-order valence-electron chi connectivity index (χ3n) is 4.62. The maximum Gasteiger partial charge on any atom is 0.355 e. The Hall–Kier alpha value is -2.06. The van der Waals surface area contributed by atoms with Crippen LogP contribution >= 0.6 is 23.1 Å². The van der Waals surface area contributed by atoms with E-state index in [0.717, 1.165) is 23.0 Å². The van der Waals surface area contributed by atoms with Crippen molar-refractivity contribution in [2.24, 2.45) is 0 Å². The Morgan fingerprint density at radius 3 is 2.96 bits per heavy atom. The predicted octanol–water partition coefficient (Wildman–Crippen LogP) is 3.65. The maximum absolute atomic E-state index is 12.2. The number of nitrogens with one attached hydrogen (secondary N) is 1. The van der Waals surface area contributed by atoms with Crippen LogP contribution in [0.2, 0.25) is 0 Å². The van der Waals surface area contributed by atoms with Gasteiger partial charge in [-0.15, -0.1) is 11.3 Å². The van der Waals surface area contributed by atoms with E-state index in [1.54, 1.807) is 5.38 Å². The van der Waals surface area contributed by atoms with E-state index in [0.29, 0.717) is 18.7 Å². The molecule has 0 saturated carbocycles. The highest BCUT2D eigenvalue weighted by Crippen LogP contribution is 2.25. The fourth-order valence-electron chi connectivity index (χ4n) is 3.21. The molecule has 1 unspecified atom stereocenters. The summed E-state index contributed by atoms with van der Waals surface area (Å²) in [7, 11) is 0. The average Bonchev–Trinajstić information content (AvgIpc) is 3.22. The van der Waals surface area contributed by atoms with Crippen LogP contribution in [0.25, 0.3) is 0 Å². The van der Waals surface area contributed by atoms with Crippen molar-refractivity contribution in [1.82, 2.24) is 9.88 Å². The number of thiazole rings is 1. The lowest BCUT2D eigenvalue weighted by molar-refractivity contribution is -0.128. The monoisotopic (exact) mass is 405 g/mol. The second kappa shape index (κ2) is 8.75.